The minimum Gasteiger partial charge on any atom is -0.339 e. The van der Waals surface area contributed by atoms with Crippen molar-refractivity contribution in [3.05, 3.63) is 0 Å². The molecular weight excluding hydrogens is 323 g/mol. The lowest BCUT2D eigenvalue weighted by Gasteiger charge is -2.32. The zero-order valence-corrected chi connectivity index (χ0v) is 12.9. The Morgan fingerprint density at radius 1 is 1.18 bits per heavy atom. The summed E-state index contributed by atoms with van der Waals surface area (Å²) in [5.41, 5.74) is 0. The van der Waals surface area contributed by atoms with E-state index in [1.165, 1.54) is 0 Å². The molecule has 128 valence electrons. The summed E-state index contributed by atoms with van der Waals surface area (Å²) in [6.07, 6.45) is -5.05. The molecule has 2 fully saturated rings. The minimum absolute atomic E-state index is 0.114. The van der Waals surface area contributed by atoms with Crippen LogP contribution in [0.25, 0.3) is 0 Å². The Bertz CT molecular complexity index is 503. The Hall–Kier alpha value is -0.870. The molecule has 1 atom stereocenters. The molecule has 0 radical (unpaired) electrons. The Morgan fingerprint density at radius 2 is 1.82 bits per heavy atom. The fourth-order valence-electron chi connectivity index (χ4n) is 2.78. The number of hydrogen-bond acceptors (Lipinski definition) is 4. The second-order valence-corrected chi connectivity index (χ2v) is 7.57. The van der Waals surface area contributed by atoms with Gasteiger partial charge in [0.05, 0.1) is 12.2 Å². The average Bonchev–Trinajstić information content (AvgIpc) is 2.95. The summed E-state index contributed by atoms with van der Waals surface area (Å²) in [4.78, 5) is 14.0. The van der Waals surface area contributed by atoms with Crippen LogP contribution in [0.3, 0.4) is 0 Å². The number of carbonyl (C=O) groups is 1. The fraction of sp³-hybridized carbons (Fsp3) is 0.917. The van der Waals surface area contributed by atoms with Gasteiger partial charge in [-0.1, -0.05) is 0 Å². The Kier molecular flexibility index (Phi) is 5.33. The third-order valence-corrected chi connectivity index (χ3v) is 5.79. The van der Waals surface area contributed by atoms with E-state index in [1.54, 1.807) is 4.90 Å². The van der Waals surface area contributed by atoms with Crippen molar-refractivity contribution in [3.8, 4) is 0 Å². The standard InChI is InChI=1S/C12H20F3N3O3S/c13-12(14,15)3-9-22(20,21)18-6-1-2-10(18)11(19)17-7-4-16-5-8-17/h10,16H,1-9H2. The number of sulfonamides is 1. The summed E-state index contributed by atoms with van der Waals surface area (Å²) >= 11 is 0. The molecule has 1 N–H and O–H groups in total. The van der Waals surface area contributed by atoms with E-state index in [1.807, 2.05) is 0 Å². The van der Waals surface area contributed by atoms with E-state index < -0.39 is 34.4 Å². The van der Waals surface area contributed by atoms with Crippen LogP contribution in [-0.2, 0) is 14.8 Å². The third-order valence-electron chi connectivity index (χ3n) is 3.92. The number of alkyl halides is 3. The number of piperazine rings is 1. The van der Waals surface area contributed by atoms with Gasteiger partial charge in [-0.3, -0.25) is 4.79 Å². The van der Waals surface area contributed by atoms with Crippen molar-refractivity contribution < 1.29 is 26.4 Å². The first-order valence-electron chi connectivity index (χ1n) is 7.26. The van der Waals surface area contributed by atoms with Crippen LogP contribution < -0.4 is 5.32 Å². The van der Waals surface area contributed by atoms with Gasteiger partial charge in [0.25, 0.3) is 0 Å². The van der Waals surface area contributed by atoms with Crippen LogP contribution in [0.1, 0.15) is 19.3 Å². The van der Waals surface area contributed by atoms with E-state index in [9.17, 15) is 26.4 Å². The quantitative estimate of drug-likeness (QED) is 0.790. The normalized spacial score (nSPS) is 24.7. The zero-order valence-electron chi connectivity index (χ0n) is 12.1. The van der Waals surface area contributed by atoms with Gasteiger partial charge in [-0.05, 0) is 12.8 Å². The molecule has 0 saturated carbocycles. The second-order valence-electron chi connectivity index (χ2n) is 5.53. The summed E-state index contributed by atoms with van der Waals surface area (Å²) in [6.45, 7) is 2.37. The van der Waals surface area contributed by atoms with Crippen LogP contribution in [0.2, 0.25) is 0 Å². The number of halogens is 3. The SMILES string of the molecule is O=C(C1CCCN1S(=O)(=O)CCC(F)(F)F)N1CCNCC1. The fourth-order valence-corrected chi connectivity index (χ4v) is 4.49. The Labute approximate surface area is 127 Å². The summed E-state index contributed by atoms with van der Waals surface area (Å²) in [6, 6.07) is -0.851. The van der Waals surface area contributed by atoms with Gasteiger partial charge in [0, 0.05) is 32.7 Å². The predicted molar refractivity (Wildman–Crippen MR) is 73.6 cm³/mol. The van der Waals surface area contributed by atoms with Gasteiger partial charge >= 0.3 is 6.18 Å². The van der Waals surface area contributed by atoms with Gasteiger partial charge in [0.1, 0.15) is 6.04 Å². The highest BCUT2D eigenvalue weighted by atomic mass is 32.2. The smallest absolute Gasteiger partial charge is 0.339 e. The summed E-state index contributed by atoms with van der Waals surface area (Å²) < 4.78 is 62.0. The van der Waals surface area contributed by atoms with Crippen LogP contribution in [0, 0.1) is 0 Å². The molecule has 2 saturated heterocycles. The van der Waals surface area contributed by atoms with E-state index in [-0.39, 0.29) is 12.5 Å². The van der Waals surface area contributed by atoms with Gasteiger partial charge in [-0.2, -0.15) is 17.5 Å². The molecule has 0 bridgehead atoms. The average molecular weight is 343 g/mol. The van der Waals surface area contributed by atoms with E-state index in [0.29, 0.717) is 39.0 Å². The van der Waals surface area contributed by atoms with Gasteiger partial charge in [0.2, 0.25) is 15.9 Å². The topological polar surface area (TPSA) is 69.7 Å². The van der Waals surface area contributed by atoms with Crippen LogP contribution in [-0.4, -0.2) is 74.2 Å². The van der Waals surface area contributed by atoms with Crippen molar-refractivity contribution in [2.75, 3.05) is 38.5 Å². The molecule has 22 heavy (non-hydrogen) atoms. The molecule has 0 aromatic carbocycles. The first-order chi connectivity index (χ1) is 10.2. The maximum Gasteiger partial charge on any atom is 0.390 e. The van der Waals surface area contributed by atoms with Gasteiger partial charge in [-0.25, -0.2) is 8.42 Å². The Morgan fingerprint density at radius 3 is 2.41 bits per heavy atom. The highest BCUT2D eigenvalue weighted by Crippen LogP contribution is 2.26. The number of carbonyl (C=O) groups excluding carboxylic acids is 1. The number of nitrogens with one attached hydrogen (secondary N) is 1. The zero-order chi connectivity index (χ0) is 16.4. The van der Waals surface area contributed by atoms with Crippen molar-refractivity contribution in [1.29, 1.82) is 0 Å². The van der Waals surface area contributed by atoms with Crippen molar-refractivity contribution in [2.24, 2.45) is 0 Å². The molecule has 1 unspecified atom stereocenters. The van der Waals surface area contributed by atoms with Crippen molar-refractivity contribution in [2.45, 2.75) is 31.5 Å². The largest absolute Gasteiger partial charge is 0.390 e. The first-order valence-corrected chi connectivity index (χ1v) is 8.87. The lowest BCUT2D eigenvalue weighted by Crippen LogP contribution is -2.53. The van der Waals surface area contributed by atoms with Gasteiger partial charge < -0.3 is 10.2 Å². The van der Waals surface area contributed by atoms with Crippen molar-refractivity contribution in [3.63, 3.8) is 0 Å². The minimum atomic E-state index is -4.52. The highest BCUT2D eigenvalue weighted by Gasteiger charge is 2.42. The monoisotopic (exact) mass is 343 g/mol. The molecule has 1 amide bonds. The molecule has 0 aromatic rings. The van der Waals surface area contributed by atoms with Crippen LogP contribution in [0.4, 0.5) is 13.2 Å². The van der Waals surface area contributed by atoms with Crippen LogP contribution >= 0.6 is 0 Å². The molecule has 0 aromatic heterocycles. The summed E-state index contributed by atoms with van der Waals surface area (Å²) in [5.74, 6) is -1.29. The molecule has 2 aliphatic rings. The number of nitrogens with zero attached hydrogens (tertiary/aromatic N) is 2. The third kappa shape index (κ3) is 4.32. The van der Waals surface area contributed by atoms with E-state index in [4.69, 9.17) is 0 Å². The number of rotatable bonds is 4. The number of amides is 1. The molecule has 0 aliphatic carbocycles. The highest BCUT2D eigenvalue weighted by molar-refractivity contribution is 7.89. The van der Waals surface area contributed by atoms with Crippen molar-refractivity contribution in [1.82, 2.24) is 14.5 Å². The maximum absolute atomic E-state index is 12.4. The second kappa shape index (κ2) is 6.71. The number of hydrogen-bond donors (Lipinski definition) is 1. The summed E-state index contributed by atoms with van der Waals surface area (Å²) in [7, 11) is -4.08. The Balaban J connectivity index is 2.04. The maximum atomic E-state index is 12.4. The molecular formula is C12H20F3N3O3S. The molecule has 2 rings (SSSR count). The predicted octanol–water partition coefficient (Wildman–Crippen LogP) is 0.165. The summed E-state index contributed by atoms with van der Waals surface area (Å²) in [5, 5.41) is 3.09. The van der Waals surface area contributed by atoms with Crippen molar-refractivity contribution >= 4 is 15.9 Å². The lowest BCUT2D eigenvalue weighted by atomic mass is 10.2. The van der Waals surface area contributed by atoms with E-state index >= 15 is 0 Å². The van der Waals surface area contributed by atoms with E-state index in [0.717, 1.165) is 4.31 Å². The molecule has 0 spiro atoms. The van der Waals surface area contributed by atoms with Crippen LogP contribution in [0.5, 0.6) is 0 Å². The van der Waals surface area contributed by atoms with E-state index in [2.05, 4.69) is 5.32 Å². The molecule has 2 aliphatic heterocycles. The molecule has 10 heteroatoms. The molecule has 2 heterocycles. The van der Waals surface area contributed by atoms with Gasteiger partial charge in [0.15, 0.2) is 0 Å². The van der Waals surface area contributed by atoms with Gasteiger partial charge in [-0.15, -0.1) is 0 Å². The lowest BCUT2D eigenvalue weighted by molar-refractivity contribution is -0.135. The molecule has 6 nitrogen and oxygen atoms in total. The van der Waals surface area contributed by atoms with Crippen LogP contribution in [0.15, 0.2) is 0 Å². The first kappa shape index (κ1) is 17.5.